The molecule has 0 aliphatic carbocycles. The number of piperazine rings is 1. The van der Waals surface area contributed by atoms with Crippen molar-refractivity contribution < 1.29 is 14.9 Å². The van der Waals surface area contributed by atoms with Crippen molar-refractivity contribution >= 4 is 23.5 Å². The molecule has 0 unspecified atom stereocenters. The maximum Gasteiger partial charge on any atom is 0.231 e. The summed E-state index contributed by atoms with van der Waals surface area (Å²) in [5.41, 5.74) is 3.12. The molecule has 5 rings (SSSR count). The summed E-state index contributed by atoms with van der Waals surface area (Å²) >= 11 is 0. The first-order valence-electron chi connectivity index (χ1n) is 12.5. The molecule has 0 saturated carbocycles. The van der Waals surface area contributed by atoms with Crippen LogP contribution in [0.4, 0.5) is 23.5 Å². The highest BCUT2D eigenvalue weighted by Gasteiger charge is 2.21. The molecule has 11 nitrogen and oxygen atoms in total. The van der Waals surface area contributed by atoms with Crippen LogP contribution < -0.4 is 19.9 Å². The Morgan fingerprint density at radius 1 is 0.816 bits per heavy atom. The van der Waals surface area contributed by atoms with Crippen LogP contribution in [0.3, 0.4) is 0 Å². The Morgan fingerprint density at radius 3 is 2.18 bits per heavy atom. The van der Waals surface area contributed by atoms with Crippen LogP contribution >= 0.6 is 0 Å². The molecule has 3 N–H and O–H groups in total. The molecule has 38 heavy (non-hydrogen) atoms. The normalized spacial score (nSPS) is 14.3. The van der Waals surface area contributed by atoms with E-state index in [4.69, 9.17) is 9.84 Å². The van der Waals surface area contributed by atoms with Gasteiger partial charge in [0.1, 0.15) is 24.8 Å². The number of benzene rings is 2. The molecule has 196 valence electrons. The monoisotopic (exact) mass is 514 g/mol. The molecule has 11 heteroatoms. The van der Waals surface area contributed by atoms with Crippen molar-refractivity contribution in [1.82, 2.24) is 24.9 Å². The Morgan fingerprint density at radius 2 is 1.50 bits per heavy atom. The summed E-state index contributed by atoms with van der Waals surface area (Å²) in [5.74, 6) is 2.38. The van der Waals surface area contributed by atoms with Crippen molar-refractivity contribution in [3.63, 3.8) is 0 Å². The molecule has 2 aromatic heterocycles. The number of aliphatic hydroxyl groups excluding tert-OH is 2. The zero-order chi connectivity index (χ0) is 26.2. The zero-order valence-corrected chi connectivity index (χ0v) is 20.9. The number of nitrogens with zero attached hydrogens (tertiary/aromatic N) is 7. The maximum atomic E-state index is 9.41. The van der Waals surface area contributed by atoms with E-state index < -0.39 is 6.10 Å². The summed E-state index contributed by atoms with van der Waals surface area (Å²) in [6.45, 7) is 2.69. The predicted molar refractivity (Wildman–Crippen MR) is 144 cm³/mol. The molecule has 0 amide bonds. The van der Waals surface area contributed by atoms with E-state index in [9.17, 15) is 5.11 Å². The molecule has 0 bridgehead atoms. The van der Waals surface area contributed by atoms with Gasteiger partial charge in [0.05, 0.1) is 6.61 Å². The minimum atomic E-state index is -0.906. The van der Waals surface area contributed by atoms with Crippen molar-refractivity contribution in [3.8, 4) is 5.75 Å². The molecular weight excluding hydrogens is 484 g/mol. The van der Waals surface area contributed by atoms with Crippen LogP contribution in [0.15, 0.2) is 73.3 Å². The first kappa shape index (κ1) is 25.3. The molecule has 1 saturated heterocycles. The quantitative estimate of drug-likeness (QED) is 0.287. The lowest BCUT2D eigenvalue weighted by Crippen LogP contribution is -2.47. The highest BCUT2D eigenvalue weighted by Crippen LogP contribution is 2.20. The predicted octanol–water partition coefficient (Wildman–Crippen LogP) is 2.05. The lowest BCUT2D eigenvalue weighted by Gasteiger charge is -2.34. The van der Waals surface area contributed by atoms with Gasteiger partial charge in [-0.2, -0.15) is 4.98 Å². The molecule has 1 aliphatic rings. The molecule has 0 spiro atoms. The fraction of sp³-hybridized carbons (Fsp3) is 0.296. The average Bonchev–Trinajstić information content (AvgIpc) is 2.98. The number of nitrogens with one attached hydrogen (secondary N) is 1. The number of aromatic nitrogens is 5. The molecule has 1 atom stereocenters. The maximum absolute atomic E-state index is 9.41. The number of aliphatic hydroxyl groups is 2. The fourth-order valence-electron chi connectivity index (χ4n) is 4.05. The first-order chi connectivity index (χ1) is 18.7. The molecule has 4 aromatic rings. The van der Waals surface area contributed by atoms with Crippen LogP contribution in [0.1, 0.15) is 11.1 Å². The van der Waals surface area contributed by atoms with Gasteiger partial charge in [0.2, 0.25) is 17.8 Å². The fourth-order valence-corrected chi connectivity index (χ4v) is 4.05. The van der Waals surface area contributed by atoms with E-state index in [1.54, 1.807) is 12.1 Å². The van der Waals surface area contributed by atoms with E-state index in [0.29, 0.717) is 17.6 Å². The summed E-state index contributed by atoms with van der Waals surface area (Å²) in [5, 5.41) is 21.5. The Labute approximate surface area is 220 Å². The van der Waals surface area contributed by atoms with Crippen molar-refractivity contribution in [3.05, 3.63) is 84.4 Å². The Balaban J connectivity index is 1.13. The van der Waals surface area contributed by atoms with E-state index in [2.05, 4.69) is 52.2 Å². The standard InChI is InChI=1S/C27H30N8O3/c36-17-23(37)18-38-24-8-6-22(7-9-24)32-25-30-19-31-27(33-25)35-12-10-34(11-13-35)26-28-15-21(16-29-26)14-20-4-2-1-3-5-20/h1-9,15-16,19,23,36-37H,10-14,17-18H2,(H,30,31,32,33)/t23-/m0/s1. The molecule has 3 heterocycles. The summed E-state index contributed by atoms with van der Waals surface area (Å²) in [4.78, 5) is 26.7. The van der Waals surface area contributed by atoms with Gasteiger partial charge in [-0.25, -0.2) is 19.9 Å². The van der Waals surface area contributed by atoms with Gasteiger partial charge in [-0.05, 0) is 35.4 Å². The summed E-state index contributed by atoms with van der Waals surface area (Å²) in [6.07, 6.45) is 5.22. The van der Waals surface area contributed by atoms with Gasteiger partial charge in [-0.15, -0.1) is 0 Å². The van der Waals surface area contributed by atoms with Crippen molar-refractivity contribution in [1.29, 1.82) is 0 Å². The van der Waals surface area contributed by atoms with E-state index in [0.717, 1.165) is 49.8 Å². The smallest absolute Gasteiger partial charge is 0.231 e. The SMILES string of the molecule is OC[C@H](O)COc1ccc(Nc2ncnc(N3CCN(c4ncc(Cc5ccccc5)cn4)CC3)n2)cc1. The molecule has 1 fully saturated rings. The third-order valence-corrected chi connectivity index (χ3v) is 6.11. The van der Waals surface area contributed by atoms with Gasteiger partial charge in [-0.3, -0.25) is 0 Å². The van der Waals surface area contributed by atoms with Gasteiger partial charge < -0.3 is 30.1 Å². The minimum Gasteiger partial charge on any atom is -0.491 e. The summed E-state index contributed by atoms with van der Waals surface area (Å²) in [6, 6.07) is 17.5. The lowest BCUT2D eigenvalue weighted by molar-refractivity contribution is 0.0536. The Kier molecular flexibility index (Phi) is 8.16. The Hall–Kier alpha value is -4.35. The van der Waals surface area contributed by atoms with Crippen LogP contribution in [0, 0.1) is 0 Å². The molecule has 0 radical (unpaired) electrons. The third-order valence-electron chi connectivity index (χ3n) is 6.11. The van der Waals surface area contributed by atoms with Gasteiger partial charge in [0.15, 0.2) is 0 Å². The number of hydrogen-bond acceptors (Lipinski definition) is 11. The average molecular weight is 515 g/mol. The van der Waals surface area contributed by atoms with E-state index in [1.807, 2.05) is 42.7 Å². The van der Waals surface area contributed by atoms with Gasteiger partial charge >= 0.3 is 0 Å². The molecule has 1 aliphatic heterocycles. The van der Waals surface area contributed by atoms with Crippen molar-refractivity contribution in [2.45, 2.75) is 12.5 Å². The van der Waals surface area contributed by atoms with Crippen LogP contribution in [0.5, 0.6) is 5.75 Å². The third kappa shape index (κ3) is 6.69. The largest absolute Gasteiger partial charge is 0.491 e. The van der Waals surface area contributed by atoms with Crippen LogP contribution in [0.2, 0.25) is 0 Å². The summed E-state index contributed by atoms with van der Waals surface area (Å²) < 4.78 is 5.43. The van der Waals surface area contributed by atoms with Gasteiger partial charge in [0, 0.05) is 50.7 Å². The van der Waals surface area contributed by atoms with Gasteiger partial charge in [0.25, 0.3) is 0 Å². The zero-order valence-electron chi connectivity index (χ0n) is 20.9. The first-order valence-corrected chi connectivity index (χ1v) is 12.5. The lowest BCUT2D eigenvalue weighted by atomic mass is 10.1. The van der Waals surface area contributed by atoms with Crippen LogP contribution in [0.25, 0.3) is 0 Å². The molecular formula is C27H30N8O3. The van der Waals surface area contributed by atoms with Crippen LogP contribution in [-0.2, 0) is 6.42 Å². The second kappa shape index (κ2) is 12.3. The van der Waals surface area contributed by atoms with E-state index in [1.165, 1.54) is 11.9 Å². The highest BCUT2D eigenvalue weighted by molar-refractivity contribution is 5.55. The van der Waals surface area contributed by atoms with Crippen LogP contribution in [-0.4, -0.2) is 80.6 Å². The van der Waals surface area contributed by atoms with Crippen molar-refractivity contribution in [2.24, 2.45) is 0 Å². The Bertz CT molecular complexity index is 1280. The highest BCUT2D eigenvalue weighted by atomic mass is 16.5. The number of anilines is 4. The molecule has 2 aromatic carbocycles. The number of rotatable bonds is 10. The summed E-state index contributed by atoms with van der Waals surface area (Å²) in [7, 11) is 0. The second-order valence-corrected chi connectivity index (χ2v) is 8.93. The van der Waals surface area contributed by atoms with Crippen molar-refractivity contribution in [2.75, 3.05) is 54.5 Å². The topological polar surface area (TPSA) is 133 Å². The second-order valence-electron chi connectivity index (χ2n) is 8.93. The number of hydrogen-bond donors (Lipinski definition) is 3. The minimum absolute atomic E-state index is 0.0268. The van der Waals surface area contributed by atoms with E-state index in [-0.39, 0.29) is 13.2 Å². The van der Waals surface area contributed by atoms with Gasteiger partial charge in [-0.1, -0.05) is 30.3 Å². The number of ether oxygens (including phenoxy) is 1. The van der Waals surface area contributed by atoms with E-state index >= 15 is 0 Å².